The van der Waals surface area contributed by atoms with E-state index in [9.17, 15) is 9.59 Å². The van der Waals surface area contributed by atoms with Gasteiger partial charge in [0.15, 0.2) is 0 Å². The first-order valence-corrected chi connectivity index (χ1v) is 10.6. The Morgan fingerprint density at radius 2 is 2.08 bits per heavy atom. The van der Waals surface area contributed by atoms with Crippen LogP contribution >= 0.6 is 22.7 Å². The summed E-state index contributed by atoms with van der Waals surface area (Å²) >= 11 is 3.46. The largest absolute Gasteiger partial charge is 0.353 e. The standard InChI is InChI=1S/C19H25N3O2S2/c1-13(2)20-17(23)11-21(3)12-18(24)22-8-6-15-14(7-10-26-15)19(22)16-5-4-9-25-16/h4-5,7,9-10,13,19H,6,8,11-12H2,1-3H3,(H,20,23). The molecular formula is C19H25N3O2S2. The lowest BCUT2D eigenvalue weighted by molar-refractivity contribution is -0.134. The molecule has 3 heterocycles. The Morgan fingerprint density at radius 1 is 1.27 bits per heavy atom. The average Bonchev–Trinajstić information content (AvgIpc) is 3.24. The number of likely N-dealkylation sites (N-methyl/N-ethyl adjacent to an activating group) is 1. The molecule has 0 radical (unpaired) electrons. The Labute approximate surface area is 162 Å². The van der Waals surface area contributed by atoms with Gasteiger partial charge < -0.3 is 10.2 Å². The van der Waals surface area contributed by atoms with Crippen LogP contribution in [0.1, 0.15) is 35.2 Å². The third-order valence-corrected chi connectivity index (χ3v) is 6.29. The van der Waals surface area contributed by atoms with Gasteiger partial charge in [0.25, 0.3) is 0 Å². The lowest BCUT2D eigenvalue weighted by Crippen LogP contribution is -2.46. The zero-order valence-electron chi connectivity index (χ0n) is 15.4. The maximum atomic E-state index is 13.0. The molecule has 2 amide bonds. The van der Waals surface area contributed by atoms with E-state index in [4.69, 9.17) is 0 Å². The number of nitrogens with one attached hydrogen (secondary N) is 1. The van der Waals surface area contributed by atoms with E-state index in [0.717, 1.165) is 13.0 Å². The molecule has 26 heavy (non-hydrogen) atoms. The number of rotatable bonds is 6. The number of nitrogens with zero attached hydrogens (tertiary/aromatic N) is 2. The van der Waals surface area contributed by atoms with Crippen molar-refractivity contribution in [1.82, 2.24) is 15.1 Å². The minimum absolute atomic E-state index is 0.00427. The molecule has 0 bridgehead atoms. The van der Waals surface area contributed by atoms with Crippen LogP contribution in [0.25, 0.3) is 0 Å². The zero-order chi connectivity index (χ0) is 18.7. The fourth-order valence-corrected chi connectivity index (χ4v) is 5.09. The molecule has 2 aromatic heterocycles. The van der Waals surface area contributed by atoms with Gasteiger partial charge in [-0.3, -0.25) is 14.5 Å². The summed E-state index contributed by atoms with van der Waals surface area (Å²) < 4.78 is 0. The summed E-state index contributed by atoms with van der Waals surface area (Å²) in [5, 5.41) is 7.03. The van der Waals surface area contributed by atoms with Crippen molar-refractivity contribution < 1.29 is 9.59 Å². The highest BCUT2D eigenvalue weighted by atomic mass is 32.1. The van der Waals surface area contributed by atoms with Crippen LogP contribution in [-0.2, 0) is 16.0 Å². The van der Waals surface area contributed by atoms with Crippen molar-refractivity contribution in [1.29, 1.82) is 0 Å². The number of amides is 2. The van der Waals surface area contributed by atoms with Gasteiger partial charge in [0.05, 0.1) is 19.1 Å². The number of carbonyl (C=O) groups is 2. The molecule has 1 aliphatic heterocycles. The van der Waals surface area contributed by atoms with Gasteiger partial charge in [0, 0.05) is 22.3 Å². The fourth-order valence-electron chi connectivity index (χ4n) is 3.33. The third-order valence-electron chi connectivity index (χ3n) is 4.37. The summed E-state index contributed by atoms with van der Waals surface area (Å²) in [6.07, 6.45) is 0.901. The van der Waals surface area contributed by atoms with E-state index in [1.54, 1.807) is 27.6 Å². The maximum Gasteiger partial charge on any atom is 0.237 e. The molecule has 140 valence electrons. The Bertz CT molecular complexity index is 755. The van der Waals surface area contributed by atoms with Crippen LogP contribution in [0.2, 0.25) is 0 Å². The van der Waals surface area contributed by atoms with Gasteiger partial charge in [-0.1, -0.05) is 6.07 Å². The molecule has 0 saturated heterocycles. The quantitative estimate of drug-likeness (QED) is 0.824. The summed E-state index contributed by atoms with van der Waals surface area (Å²) in [5.74, 6) is 0.0176. The van der Waals surface area contributed by atoms with Gasteiger partial charge in [0.1, 0.15) is 0 Å². The molecule has 0 aliphatic carbocycles. The van der Waals surface area contributed by atoms with Crippen molar-refractivity contribution in [2.75, 3.05) is 26.7 Å². The fraction of sp³-hybridized carbons (Fsp3) is 0.474. The van der Waals surface area contributed by atoms with Crippen molar-refractivity contribution in [2.45, 2.75) is 32.4 Å². The molecular weight excluding hydrogens is 366 g/mol. The molecule has 0 saturated carbocycles. The van der Waals surface area contributed by atoms with Gasteiger partial charge in [-0.25, -0.2) is 0 Å². The second-order valence-electron chi connectivity index (χ2n) is 6.95. The smallest absolute Gasteiger partial charge is 0.237 e. The lowest BCUT2D eigenvalue weighted by Gasteiger charge is -2.36. The Morgan fingerprint density at radius 3 is 2.77 bits per heavy atom. The molecule has 1 aliphatic rings. The highest BCUT2D eigenvalue weighted by Crippen LogP contribution is 2.39. The Balaban J connectivity index is 1.71. The van der Waals surface area contributed by atoms with Crippen LogP contribution in [0.3, 0.4) is 0 Å². The average molecular weight is 392 g/mol. The van der Waals surface area contributed by atoms with Crippen molar-refractivity contribution in [2.24, 2.45) is 0 Å². The highest BCUT2D eigenvalue weighted by Gasteiger charge is 2.33. The first-order chi connectivity index (χ1) is 12.5. The topological polar surface area (TPSA) is 52.7 Å². The Kier molecular flexibility index (Phi) is 6.11. The van der Waals surface area contributed by atoms with Gasteiger partial charge >= 0.3 is 0 Å². The number of hydrogen-bond acceptors (Lipinski definition) is 5. The summed E-state index contributed by atoms with van der Waals surface area (Å²) in [4.78, 5) is 31.3. The molecule has 1 unspecified atom stereocenters. The lowest BCUT2D eigenvalue weighted by atomic mass is 9.98. The van der Waals surface area contributed by atoms with Crippen molar-refractivity contribution in [3.05, 3.63) is 44.3 Å². The van der Waals surface area contributed by atoms with Crippen molar-refractivity contribution in [3.8, 4) is 0 Å². The summed E-state index contributed by atoms with van der Waals surface area (Å²) in [7, 11) is 1.82. The minimum Gasteiger partial charge on any atom is -0.353 e. The Hall–Kier alpha value is -1.70. The monoisotopic (exact) mass is 391 g/mol. The first kappa shape index (κ1) is 19.1. The number of fused-ring (bicyclic) bond motifs is 1. The molecule has 7 heteroatoms. The van der Waals surface area contributed by atoms with Crippen LogP contribution in [0, 0.1) is 0 Å². The number of thiophene rings is 2. The third kappa shape index (κ3) is 4.34. The van der Waals surface area contributed by atoms with Crippen LogP contribution in [0.5, 0.6) is 0 Å². The normalized spacial score (nSPS) is 16.8. The van der Waals surface area contributed by atoms with Crippen LogP contribution in [0.15, 0.2) is 29.0 Å². The molecule has 0 spiro atoms. The zero-order valence-corrected chi connectivity index (χ0v) is 17.0. The minimum atomic E-state index is -0.0520. The van der Waals surface area contributed by atoms with E-state index in [1.165, 1.54) is 15.3 Å². The predicted octanol–water partition coefficient (Wildman–Crippen LogP) is 2.74. The maximum absolute atomic E-state index is 13.0. The molecule has 5 nitrogen and oxygen atoms in total. The van der Waals surface area contributed by atoms with Crippen molar-refractivity contribution in [3.63, 3.8) is 0 Å². The SMILES string of the molecule is CC(C)NC(=O)CN(C)CC(=O)N1CCc2sccc2C1c1cccs1. The first-order valence-electron chi connectivity index (χ1n) is 8.82. The van der Waals surface area contributed by atoms with Gasteiger partial charge in [-0.15, -0.1) is 22.7 Å². The van der Waals surface area contributed by atoms with Crippen LogP contribution in [-0.4, -0.2) is 54.3 Å². The van der Waals surface area contributed by atoms with Crippen LogP contribution < -0.4 is 5.32 Å². The van der Waals surface area contributed by atoms with E-state index in [-0.39, 0.29) is 37.0 Å². The molecule has 0 aromatic carbocycles. The number of hydrogen-bond donors (Lipinski definition) is 1. The molecule has 1 atom stereocenters. The van der Waals surface area contributed by atoms with Gasteiger partial charge in [-0.05, 0) is 55.8 Å². The molecule has 2 aromatic rings. The van der Waals surface area contributed by atoms with E-state index < -0.39 is 0 Å². The summed E-state index contributed by atoms with van der Waals surface area (Å²) in [5.41, 5.74) is 1.25. The van der Waals surface area contributed by atoms with Crippen LogP contribution in [0.4, 0.5) is 0 Å². The van der Waals surface area contributed by atoms with Crippen molar-refractivity contribution >= 4 is 34.5 Å². The van der Waals surface area contributed by atoms with E-state index in [0.29, 0.717) is 0 Å². The van der Waals surface area contributed by atoms with Gasteiger partial charge in [-0.2, -0.15) is 0 Å². The summed E-state index contributed by atoms with van der Waals surface area (Å²) in [6, 6.07) is 6.38. The van der Waals surface area contributed by atoms with E-state index in [2.05, 4.69) is 28.2 Å². The highest BCUT2D eigenvalue weighted by molar-refractivity contribution is 7.10. The second-order valence-corrected chi connectivity index (χ2v) is 8.93. The predicted molar refractivity (Wildman–Crippen MR) is 107 cm³/mol. The van der Waals surface area contributed by atoms with E-state index >= 15 is 0 Å². The van der Waals surface area contributed by atoms with E-state index in [1.807, 2.05) is 31.9 Å². The molecule has 1 N–H and O–H groups in total. The molecule has 3 rings (SSSR count). The second kappa shape index (κ2) is 8.33. The number of carbonyl (C=O) groups excluding carboxylic acids is 2. The summed E-state index contributed by atoms with van der Waals surface area (Å²) in [6.45, 7) is 5.06. The molecule has 0 fully saturated rings. The van der Waals surface area contributed by atoms with Gasteiger partial charge in [0.2, 0.25) is 11.8 Å².